The minimum Gasteiger partial charge on any atom is -0.495 e. The number of carbonyl (C=O) groups excluding carboxylic acids is 2. The van der Waals surface area contributed by atoms with Crippen LogP contribution < -0.4 is 20.1 Å². The van der Waals surface area contributed by atoms with E-state index in [-0.39, 0.29) is 22.5 Å². The van der Waals surface area contributed by atoms with Crippen molar-refractivity contribution < 1.29 is 28.9 Å². The predicted octanol–water partition coefficient (Wildman–Crippen LogP) is 6.31. The smallest absolute Gasteiger partial charge is 0.272 e. The lowest BCUT2D eigenvalue weighted by atomic mass is 10.0. The van der Waals surface area contributed by atoms with Crippen LogP contribution >= 0.6 is 0 Å². The number of nitrogens with zero attached hydrogens (tertiary/aromatic N) is 2. The van der Waals surface area contributed by atoms with Crippen LogP contribution in [0.3, 0.4) is 0 Å². The molecular formula is C30H26N4O8. The maximum absolute atomic E-state index is 12.8. The van der Waals surface area contributed by atoms with Crippen molar-refractivity contribution in [1.29, 1.82) is 0 Å². The summed E-state index contributed by atoms with van der Waals surface area (Å²) in [6.45, 7) is 3.12. The van der Waals surface area contributed by atoms with Crippen molar-refractivity contribution in [1.82, 2.24) is 0 Å². The van der Waals surface area contributed by atoms with Crippen molar-refractivity contribution in [3.8, 4) is 22.6 Å². The molecule has 0 saturated carbocycles. The standard InChI is InChI=1S/C30H26N4O8/c1-17-13-21(7-11-25(17)33(37)38)29(35)31-23-9-5-19(15-27(23)41-3)20-6-10-24(28(16-20)42-4)32-30(36)22-8-12-26(34(39)40)18(2)14-22/h5-16H,1-4H3,(H,31,35)(H,32,36). The van der Waals surface area contributed by atoms with Crippen molar-refractivity contribution in [2.45, 2.75) is 13.8 Å². The van der Waals surface area contributed by atoms with Gasteiger partial charge in [0.15, 0.2) is 0 Å². The van der Waals surface area contributed by atoms with E-state index in [0.717, 1.165) is 11.1 Å². The van der Waals surface area contributed by atoms with Gasteiger partial charge in [-0.05, 0) is 73.5 Å². The van der Waals surface area contributed by atoms with Gasteiger partial charge >= 0.3 is 0 Å². The lowest BCUT2D eigenvalue weighted by Crippen LogP contribution is -2.13. The summed E-state index contributed by atoms with van der Waals surface area (Å²) in [5.74, 6) is -0.151. The minimum absolute atomic E-state index is 0.0732. The van der Waals surface area contributed by atoms with Gasteiger partial charge in [-0.25, -0.2) is 0 Å². The SMILES string of the molecule is COc1cc(-c2ccc(NC(=O)c3ccc([N+](=O)[O-])c(C)c3)c(OC)c2)ccc1NC(=O)c1ccc([N+](=O)[O-])c(C)c1. The molecule has 0 fully saturated rings. The molecule has 4 aromatic rings. The van der Waals surface area contributed by atoms with E-state index in [0.29, 0.717) is 34.0 Å². The summed E-state index contributed by atoms with van der Waals surface area (Å²) >= 11 is 0. The lowest BCUT2D eigenvalue weighted by Gasteiger charge is -2.15. The maximum Gasteiger partial charge on any atom is 0.272 e. The van der Waals surface area contributed by atoms with Crippen molar-refractivity contribution in [3.05, 3.63) is 115 Å². The fraction of sp³-hybridized carbons (Fsp3) is 0.133. The average Bonchev–Trinajstić information content (AvgIpc) is 2.96. The van der Waals surface area contributed by atoms with Gasteiger partial charge in [0.2, 0.25) is 0 Å². The second kappa shape index (κ2) is 12.2. The van der Waals surface area contributed by atoms with Crippen LogP contribution in [-0.2, 0) is 0 Å². The summed E-state index contributed by atoms with van der Waals surface area (Å²) in [4.78, 5) is 46.8. The van der Waals surface area contributed by atoms with Crippen LogP contribution in [0.4, 0.5) is 22.7 Å². The highest BCUT2D eigenvalue weighted by atomic mass is 16.6. The van der Waals surface area contributed by atoms with Gasteiger partial charge in [0, 0.05) is 34.4 Å². The van der Waals surface area contributed by atoms with Crippen molar-refractivity contribution in [2.24, 2.45) is 0 Å². The number of nitro groups is 2. The highest BCUT2D eigenvalue weighted by Crippen LogP contribution is 2.35. The van der Waals surface area contributed by atoms with E-state index in [2.05, 4.69) is 10.6 Å². The largest absolute Gasteiger partial charge is 0.495 e. The first-order valence-corrected chi connectivity index (χ1v) is 12.5. The molecule has 0 heterocycles. The molecule has 0 spiro atoms. The Morgan fingerprint density at radius 1 is 0.619 bits per heavy atom. The molecule has 4 rings (SSSR count). The molecule has 0 aliphatic heterocycles. The topological polar surface area (TPSA) is 163 Å². The summed E-state index contributed by atoms with van der Waals surface area (Å²) < 4.78 is 11.0. The molecule has 2 amide bonds. The zero-order valence-electron chi connectivity index (χ0n) is 23.1. The number of nitrogens with one attached hydrogen (secondary N) is 2. The van der Waals surface area contributed by atoms with E-state index in [1.54, 1.807) is 50.2 Å². The molecule has 12 nitrogen and oxygen atoms in total. The molecule has 0 unspecified atom stereocenters. The van der Waals surface area contributed by atoms with Crippen LogP contribution in [0.15, 0.2) is 72.8 Å². The predicted molar refractivity (Wildman–Crippen MR) is 157 cm³/mol. The first kappa shape index (κ1) is 29.2. The molecule has 12 heteroatoms. The molecule has 0 aromatic heterocycles. The normalized spacial score (nSPS) is 10.5. The number of methoxy groups -OCH3 is 2. The van der Waals surface area contributed by atoms with Crippen LogP contribution in [0.25, 0.3) is 11.1 Å². The molecular weight excluding hydrogens is 544 g/mol. The Labute approximate surface area is 240 Å². The number of nitro benzene ring substituents is 2. The Balaban J connectivity index is 1.54. The monoisotopic (exact) mass is 570 g/mol. The third kappa shape index (κ3) is 6.17. The van der Waals surface area contributed by atoms with Gasteiger partial charge in [0.05, 0.1) is 35.4 Å². The average molecular weight is 571 g/mol. The number of hydrogen-bond donors (Lipinski definition) is 2. The summed E-state index contributed by atoms with van der Waals surface area (Å²) in [6.07, 6.45) is 0. The van der Waals surface area contributed by atoms with Crippen LogP contribution in [0, 0.1) is 34.1 Å². The van der Waals surface area contributed by atoms with E-state index in [1.807, 2.05) is 0 Å². The number of hydrogen-bond acceptors (Lipinski definition) is 8. The quantitative estimate of drug-likeness (QED) is 0.175. The number of benzene rings is 4. The molecule has 0 saturated heterocycles. The minimum atomic E-state index is -0.506. The van der Waals surface area contributed by atoms with Gasteiger partial charge in [0.1, 0.15) is 11.5 Å². The first-order chi connectivity index (χ1) is 20.0. The molecule has 4 aromatic carbocycles. The number of carbonyl (C=O) groups is 2. The Morgan fingerprint density at radius 2 is 1.00 bits per heavy atom. The summed E-state index contributed by atoms with van der Waals surface area (Å²) in [7, 11) is 2.92. The van der Waals surface area contributed by atoms with E-state index in [1.165, 1.54) is 50.6 Å². The van der Waals surface area contributed by atoms with Gasteiger partial charge < -0.3 is 20.1 Å². The Kier molecular flexibility index (Phi) is 8.46. The molecule has 42 heavy (non-hydrogen) atoms. The van der Waals surface area contributed by atoms with E-state index in [9.17, 15) is 29.8 Å². The first-order valence-electron chi connectivity index (χ1n) is 12.5. The zero-order chi connectivity index (χ0) is 30.6. The Hall–Kier alpha value is -5.78. The Bertz CT molecular complexity index is 1610. The van der Waals surface area contributed by atoms with Gasteiger partial charge in [0.25, 0.3) is 23.2 Å². The van der Waals surface area contributed by atoms with E-state index in [4.69, 9.17) is 9.47 Å². The second-order valence-corrected chi connectivity index (χ2v) is 9.26. The molecule has 0 bridgehead atoms. The van der Waals surface area contributed by atoms with E-state index >= 15 is 0 Å². The van der Waals surface area contributed by atoms with Gasteiger partial charge in [-0.2, -0.15) is 0 Å². The van der Waals surface area contributed by atoms with Crippen molar-refractivity contribution in [3.63, 3.8) is 0 Å². The number of rotatable bonds is 9. The Morgan fingerprint density at radius 3 is 1.31 bits per heavy atom. The fourth-order valence-electron chi connectivity index (χ4n) is 4.34. The molecule has 2 N–H and O–H groups in total. The second-order valence-electron chi connectivity index (χ2n) is 9.26. The summed E-state index contributed by atoms with van der Waals surface area (Å²) in [5, 5.41) is 27.7. The number of amides is 2. The number of ether oxygens (including phenoxy) is 2. The van der Waals surface area contributed by atoms with Crippen molar-refractivity contribution >= 4 is 34.6 Å². The molecule has 0 aliphatic rings. The van der Waals surface area contributed by atoms with E-state index < -0.39 is 21.7 Å². The number of aryl methyl sites for hydroxylation is 2. The van der Waals surface area contributed by atoms with Crippen LogP contribution in [0.1, 0.15) is 31.8 Å². The highest BCUT2D eigenvalue weighted by Gasteiger charge is 2.18. The maximum atomic E-state index is 12.8. The third-order valence-corrected chi connectivity index (χ3v) is 6.54. The summed E-state index contributed by atoms with van der Waals surface area (Å²) in [6, 6.07) is 18.6. The molecule has 214 valence electrons. The fourth-order valence-corrected chi connectivity index (χ4v) is 4.34. The van der Waals surface area contributed by atoms with Crippen LogP contribution in [0.2, 0.25) is 0 Å². The third-order valence-electron chi connectivity index (χ3n) is 6.54. The zero-order valence-corrected chi connectivity index (χ0v) is 23.1. The molecule has 0 atom stereocenters. The number of anilines is 2. The van der Waals surface area contributed by atoms with Gasteiger partial charge in [-0.1, -0.05) is 12.1 Å². The van der Waals surface area contributed by atoms with Gasteiger partial charge in [-0.15, -0.1) is 0 Å². The summed E-state index contributed by atoms with van der Waals surface area (Å²) in [5.41, 5.74) is 3.38. The van der Waals surface area contributed by atoms with Crippen LogP contribution in [0.5, 0.6) is 11.5 Å². The molecule has 0 radical (unpaired) electrons. The van der Waals surface area contributed by atoms with Crippen molar-refractivity contribution in [2.75, 3.05) is 24.9 Å². The highest BCUT2D eigenvalue weighted by molar-refractivity contribution is 6.06. The molecule has 0 aliphatic carbocycles. The van der Waals surface area contributed by atoms with Crippen LogP contribution in [-0.4, -0.2) is 35.9 Å². The lowest BCUT2D eigenvalue weighted by molar-refractivity contribution is -0.385. The van der Waals surface area contributed by atoms with Gasteiger partial charge in [-0.3, -0.25) is 29.8 Å².